The second-order valence-electron chi connectivity index (χ2n) is 8.15. The van der Waals surface area contributed by atoms with Crippen LogP contribution >= 0.6 is 0 Å². The van der Waals surface area contributed by atoms with Crippen molar-refractivity contribution < 1.29 is 0 Å². The molecule has 2 aliphatic heterocycles. The molecule has 0 bridgehead atoms. The first-order valence-corrected chi connectivity index (χ1v) is 10.5. The molecule has 2 aliphatic rings. The van der Waals surface area contributed by atoms with Crippen molar-refractivity contribution in [2.45, 2.75) is 25.7 Å². The number of aryl methyl sites for hydroxylation is 1. The number of hydrogen-bond acceptors (Lipinski definition) is 3. The van der Waals surface area contributed by atoms with Crippen LogP contribution in [0, 0.1) is 5.92 Å². The minimum absolute atomic E-state index is 0.791. The number of H-pyrrole nitrogens is 1. The molecule has 0 amide bonds. The highest BCUT2D eigenvalue weighted by Crippen LogP contribution is 2.33. The second kappa shape index (κ2) is 7.70. The first-order valence-electron chi connectivity index (χ1n) is 10.5. The largest absolute Gasteiger partial charge is 0.372 e. The van der Waals surface area contributed by atoms with Gasteiger partial charge in [-0.25, -0.2) is 0 Å². The van der Waals surface area contributed by atoms with Crippen molar-refractivity contribution in [1.82, 2.24) is 10.2 Å². The van der Waals surface area contributed by atoms with Gasteiger partial charge in [0.2, 0.25) is 0 Å². The molecule has 1 saturated heterocycles. The van der Waals surface area contributed by atoms with Crippen LogP contribution in [0.1, 0.15) is 24.8 Å². The van der Waals surface area contributed by atoms with E-state index in [1.54, 1.807) is 0 Å². The van der Waals surface area contributed by atoms with Crippen LogP contribution in [-0.4, -0.2) is 36.4 Å². The Hall–Kier alpha value is -2.75. The molecule has 0 spiro atoms. The van der Waals surface area contributed by atoms with Gasteiger partial charge >= 0.3 is 0 Å². The molecule has 1 aromatic heterocycles. The second-order valence-corrected chi connectivity index (χ2v) is 8.15. The lowest BCUT2D eigenvalue weighted by Gasteiger charge is -2.38. The van der Waals surface area contributed by atoms with Crippen molar-refractivity contribution in [2.24, 2.45) is 5.92 Å². The topological polar surface area (TPSA) is 35.2 Å². The number of anilines is 2. The van der Waals surface area contributed by atoms with E-state index in [1.807, 2.05) is 12.4 Å². The van der Waals surface area contributed by atoms with E-state index < -0.39 is 0 Å². The molecule has 2 aromatic carbocycles. The smallest absolute Gasteiger partial charge is 0.0565 e. The van der Waals surface area contributed by atoms with Crippen LogP contribution in [0.15, 0.2) is 60.9 Å². The molecule has 4 nitrogen and oxygen atoms in total. The lowest BCUT2D eigenvalue weighted by atomic mass is 9.92. The summed E-state index contributed by atoms with van der Waals surface area (Å²) in [4.78, 5) is 5.18. The van der Waals surface area contributed by atoms with Gasteiger partial charge in [0.05, 0.1) is 6.20 Å². The van der Waals surface area contributed by atoms with E-state index >= 15 is 0 Å². The average molecular weight is 373 g/mol. The highest BCUT2D eigenvalue weighted by molar-refractivity contribution is 5.68. The lowest BCUT2D eigenvalue weighted by molar-refractivity contribution is 0.400. The number of piperidine rings is 1. The van der Waals surface area contributed by atoms with Crippen LogP contribution in [0.25, 0.3) is 11.1 Å². The van der Waals surface area contributed by atoms with E-state index in [4.69, 9.17) is 0 Å². The maximum atomic E-state index is 4.09. The Labute approximate surface area is 167 Å². The Morgan fingerprint density at radius 1 is 0.964 bits per heavy atom. The fraction of sp³-hybridized carbons (Fsp3) is 0.375. The van der Waals surface area contributed by atoms with Crippen molar-refractivity contribution in [1.29, 1.82) is 0 Å². The molecule has 1 N–H and O–H groups in total. The van der Waals surface area contributed by atoms with Crippen molar-refractivity contribution in [2.75, 3.05) is 36.0 Å². The Bertz CT molecular complexity index is 896. The Kier molecular flexibility index (Phi) is 4.78. The molecule has 28 heavy (non-hydrogen) atoms. The summed E-state index contributed by atoms with van der Waals surface area (Å²) in [5.74, 6) is 0.791. The van der Waals surface area contributed by atoms with Gasteiger partial charge in [-0.15, -0.1) is 0 Å². The van der Waals surface area contributed by atoms with Crippen molar-refractivity contribution in [3.63, 3.8) is 0 Å². The van der Waals surface area contributed by atoms with Gasteiger partial charge < -0.3 is 9.80 Å². The maximum absolute atomic E-state index is 4.09. The number of benzene rings is 2. The van der Waals surface area contributed by atoms with E-state index in [2.05, 4.69) is 68.5 Å². The van der Waals surface area contributed by atoms with E-state index in [1.165, 1.54) is 79.9 Å². The number of nitrogens with one attached hydrogen (secondary N) is 1. The van der Waals surface area contributed by atoms with Gasteiger partial charge in [0.15, 0.2) is 0 Å². The molecule has 0 aliphatic carbocycles. The number of aromatic nitrogens is 2. The third-order valence-electron chi connectivity index (χ3n) is 6.34. The van der Waals surface area contributed by atoms with E-state index in [0.717, 1.165) is 5.92 Å². The predicted octanol–water partition coefficient (Wildman–Crippen LogP) is 4.75. The molecule has 3 heterocycles. The first-order chi connectivity index (χ1) is 13.9. The van der Waals surface area contributed by atoms with Gasteiger partial charge in [-0.05, 0) is 67.0 Å². The SMILES string of the molecule is c1ccc(N2CCC(CN3CCCc4cc(-c5cn[nH]c5)ccc43)CC2)cc1. The fourth-order valence-electron chi connectivity index (χ4n) is 4.78. The van der Waals surface area contributed by atoms with Gasteiger partial charge in [-0.1, -0.05) is 24.3 Å². The summed E-state index contributed by atoms with van der Waals surface area (Å²) in [5, 5.41) is 7.01. The molecule has 5 rings (SSSR count). The monoisotopic (exact) mass is 372 g/mol. The quantitative estimate of drug-likeness (QED) is 0.718. The number of para-hydroxylation sites is 1. The molecule has 3 aromatic rings. The molecule has 0 saturated carbocycles. The summed E-state index contributed by atoms with van der Waals surface area (Å²) in [6, 6.07) is 17.8. The Morgan fingerprint density at radius 3 is 2.61 bits per heavy atom. The van der Waals surface area contributed by atoms with E-state index in [9.17, 15) is 0 Å². The molecule has 0 unspecified atom stereocenters. The van der Waals surface area contributed by atoms with Crippen molar-refractivity contribution in [3.05, 3.63) is 66.5 Å². The van der Waals surface area contributed by atoms with Gasteiger partial charge in [-0.2, -0.15) is 5.10 Å². The maximum Gasteiger partial charge on any atom is 0.0565 e. The third kappa shape index (κ3) is 3.51. The van der Waals surface area contributed by atoms with Crippen LogP contribution in [-0.2, 0) is 6.42 Å². The summed E-state index contributed by atoms with van der Waals surface area (Å²) in [7, 11) is 0. The van der Waals surface area contributed by atoms with Crippen LogP contribution in [0.2, 0.25) is 0 Å². The highest BCUT2D eigenvalue weighted by atomic mass is 15.2. The standard InChI is InChI=1S/C24H28N4/c1-2-6-23(7-3-1)27-13-10-19(11-14-27)18-28-12-4-5-21-15-20(8-9-24(21)28)22-16-25-26-17-22/h1-3,6-9,15-17,19H,4-5,10-14,18H2,(H,25,26). The van der Waals surface area contributed by atoms with Crippen LogP contribution in [0.4, 0.5) is 11.4 Å². The molecular formula is C24H28N4. The van der Waals surface area contributed by atoms with Crippen LogP contribution in [0.3, 0.4) is 0 Å². The molecule has 1 fully saturated rings. The third-order valence-corrected chi connectivity index (χ3v) is 6.34. The lowest BCUT2D eigenvalue weighted by Crippen LogP contribution is -2.40. The molecular weight excluding hydrogens is 344 g/mol. The number of rotatable bonds is 4. The van der Waals surface area contributed by atoms with Crippen molar-refractivity contribution >= 4 is 11.4 Å². The number of nitrogens with zero attached hydrogens (tertiary/aromatic N) is 3. The van der Waals surface area contributed by atoms with Gasteiger partial charge in [0, 0.05) is 49.3 Å². The number of hydrogen-bond donors (Lipinski definition) is 1. The van der Waals surface area contributed by atoms with Gasteiger partial charge in [0.1, 0.15) is 0 Å². The zero-order valence-electron chi connectivity index (χ0n) is 16.3. The minimum Gasteiger partial charge on any atom is -0.372 e. The molecule has 144 valence electrons. The zero-order valence-corrected chi connectivity index (χ0v) is 16.3. The van der Waals surface area contributed by atoms with E-state index in [-0.39, 0.29) is 0 Å². The minimum atomic E-state index is 0.791. The summed E-state index contributed by atoms with van der Waals surface area (Å²) >= 11 is 0. The van der Waals surface area contributed by atoms with Gasteiger partial charge in [0.25, 0.3) is 0 Å². The fourth-order valence-corrected chi connectivity index (χ4v) is 4.78. The summed E-state index contributed by atoms with van der Waals surface area (Å²) in [5.41, 5.74) is 6.76. The van der Waals surface area contributed by atoms with Crippen LogP contribution < -0.4 is 9.80 Å². The molecule has 0 atom stereocenters. The highest BCUT2D eigenvalue weighted by Gasteiger charge is 2.24. The zero-order chi connectivity index (χ0) is 18.8. The normalized spacial score (nSPS) is 17.6. The summed E-state index contributed by atoms with van der Waals surface area (Å²) in [6.07, 6.45) is 8.89. The Morgan fingerprint density at radius 2 is 1.82 bits per heavy atom. The van der Waals surface area contributed by atoms with Crippen LogP contribution in [0.5, 0.6) is 0 Å². The number of fused-ring (bicyclic) bond motifs is 1. The summed E-state index contributed by atoms with van der Waals surface area (Å²) in [6.45, 7) is 4.74. The summed E-state index contributed by atoms with van der Waals surface area (Å²) < 4.78 is 0. The number of aromatic amines is 1. The van der Waals surface area contributed by atoms with Gasteiger partial charge in [-0.3, -0.25) is 5.10 Å². The first kappa shape index (κ1) is 17.4. The molecule has 4 heteroatoms. The predicted molar refractivity (Wildman–Crippen MR) is 116 cm³/mol. The van der Waals surface area contributed by atoms with E-state index in [0.29, 0.717) is 0 Å². The molecule has 0 radical (unpaired) electrons. The average Bonchev–Trinajstić information content (AvgIpc) is 3.30. The van der Waals surface area contributed by atoms with Crippen molar-refractivity contribution in [3.8, 4) is 11.1 Å². The Balaban J connectivity index is 1.25.